The number of amides is 1. The summed E-state index contributed by atoms with van der Waals surface area (Å²) in [5, 5.41) is 3.72. The largest absolute Gasteiger partial charge is 0.325 e. The Bertz CT molecular complexity index is 390. The van der Waals surface area contributed by atoms with Crippen molar-refractivity contribution in [2.45, 2.75) is 55.9 Å². The van der Waals surface area contributed by atoms with Crippen LogP contribution in [0, 0.1) is 0 Å². The Hall–Kier alpha value is -1.03. The predicted octanol–water partition coefficient (Wildman–Crippen LogP) is 3.86. The highest BCUT2D eigenvalue weighted by Crippen LogP contribution is 2.32. The molecule has 0 aromatic carbocycles. The van der Waals surface area contributed by atoms with Crippen LogP contribution < -0.4 is 5.32 Å². The highest BCUT2D eigenvalue weighted by atomic mass is 32.2. The van der Waals surface area contributed by atoms with Gasteiger partial charge in [-0.25, -0.2) is 0 Å². The summed E-state index contributed by atoms with van der Waals surface area (Å²) in [4.78, 5) is 16.2. The van der Waals surface area contributed by atoms with E-state index < -0.39 is 0 Å². The van der Waals surface area contributed by atoms with Gasteiger partial charge in [0.2, 0.25) is 5.91 Å². The summed E-state index contributed by atoms with van der Waals surface area (Å²) in [7, 11) is 0. The molecule has 1 heterocycles. The number of aromatic nitrogens is 1. The van der Waals surface area contributed by atoms with E-state index in [1.165, 1.54) is 32.1 Å². The summed E-state index contributed by atoms with van der Waals surface area (Å²) in [6.45, 7) is 2.09. The van der Waals surface area contributed by atoms with Crippen LogP contribution >= 0.6 is 11.8 Å². The molecular weight excluding hydrogens is 256 g/mol. The molecule has 0 saturated heterocycles. The first-order chi connectivity index (χ1) is 9.29. The van der Waals surface area contributed by atoms with Crippen LogP contribution in [-0.2, 0) is 4.79 Å². The maximum absolute atomic E-state index is 12.3. The zero-order chi connectivity index (χ0) is 13.5. The molecule has 2 rings (SSSR count). The van der Waals surface area contributed by atoms with Crippen LogP contribution in [0.2, 0.25) is 0 Å². The number of nitrogens with zero attached hydrogens (tertiary/aromatic N) is 1. The summed E-state index contributed by atoms with van der Waals surface area (Å²) in [5.74, 6) is 0.129. The summed E-state index contributed by atoms with van der Waals surface area (Å²) >= 11 is 1.87. The number of hydrogen-bond acceptors (Lipinski definition) is 3. The molecule has 1 aromatic heterocycles. The summed E-state index contributed by atoms with van der Waals surface area (Å²) < 4.78 is 0. The van der Waals surface area contributed by atoms with Crippen molar-refractivity contribution in [3.63, 3.8) is 0 Å². The van der Waals surface area contributed by atoms with Gasteiger partial charge in [0.1, 0.15) is 0 Å². The van der Waals surface area contributed by atoms with Crippen molar-refractivity contribution < 1.29 is 4.79 Å². The second-order valence-electron chi connectivity index (χ2n) is 5.02. The molecule has 1 aliphatic carbocycles. The fourth-order valence-corrected chi connectivity index (χ4v) is 3.88. The van der Waals surface area contributed by atoms with Crippen LogP contribution in [0.4, 0.5) is 5.69 Å². The molecule has 1 amide bonds. The quantitative estimate of drug-likeness (QED) is 0.889. The third-order valence-corrected chi connectivity index (χ3v) is 5.25. The molecule has 4 heteroatoms. The van der Waals surface area contributed by atoms with E-state index in [1.54, 1.807) is 12.4 Å². The first-order valence-electron chi connectivity index (χ1n) is 7.16. The van der Waals surface area contributed by atoms with Gasteiger partial charge in [0, 0.05) is 23.3 Å². The number of nitrogens with one attached hydrogen (secondary N) is 1. The molecule has 1 N–H and O–H groups in total. The highest BCUT2D eigenvalue weighted by molar-refractivity contribution is 8.01. The summed E-state index contributed by atoms with van der Waals surface area (Å²) in [5.41, 5.74) is 0.836. The second kappa shape index (κ2) is 7.53. The van der Waals surface area contributed by atoms with Gasteiger partial charge in [-0.3, -0.25) is 9.78 Å². The monoisotopic (exact) mass is 278 g/mol. The summed E-state index contributed by atoms with van der Waals surface area (Å²) in [6, 6.07) is 3.66. The van der Waals surface area contributed by atoms with E-state index in [2.05, 4.69) is 17.2 Å². The van der Waals surface area contributed by atoms with Crippen molar-refractivity contribution in [2.24, 2.45) is 0 Å². The van der Waals surface area contributed by atoms with Crippen molar-refractivity contribution in [3.8, 4) is 0 Å². The van der Waals surface area contributed by atoms with Crippen LogP contribution in [0.15, 0.2) is 24.5 Å². The van der Waals surface area contributed by atoms with Crippen LogP contribution in [0.1, 0.15) is 45.4 Å². The van der Waals surface area contributed by atoms with E-state index in [9.17, 15) is 4.79 Å². The molecule has 3 nitrogen and oxygen atoms in total. The molecule has 104 valence electrons. The van der Waals surface area contributed by atoms with Crippen LogP contribution in [0.3, 0.4) is 0 Å². The van der Waals surface area contributed by atoms with E-state index in [0.29, 0.717) is 5.25 Å². The third kappa shape index (κ3) is 4.53. The highest BCUT2D eigenvalue weighted by Gasteiger charge is 2.23. The number of carbonyl (C=O) groups excluding carboxylic acids is 1. The molecule has 0 radical (unpaired) electrons. The van der Waals surface area contributed by atoms with Gasteiger partial charge in [-0.2, -0.15) is 0 Å². The second-order valence-corrected chi connectivity index (χ2v) is 6.53. The minimum atomic E-state index is 0.0660. The minimum absolute atomic E-state index is 0.0660. The lowest BCUT2D eigenvalue weighted by Gasteiger charge is -2.25. The molecule has 1 aromatic rings. The first-order valence-corrected chi connectivity index (χ1v) is 8.10. The Balaban J connectivity index is 1.87. The van der Waals surface area contributed by atoms with Gasteiger partial charge in [-0.15, -0.1) is 11.8 Å². The molecule has 1 fully saturated rings. The average Bonchev–Trinajstić information content (AvgIpc) is 2.47. The molecule has 1 saturated carbocycles. The van der Waals surface area contributed by atoms with E-state index in [1.807, 2.05) is 23.9 Å². The molecule has 19 heavy (non-hydrogen) atoms. The average molecular weight is 278 g/mol. The van der Waals surface area contributed by atoms with E-state index in [-0.39, 0.29) is 11.2 Å². The van der Waals surface area contributed by atoms with Gasteiger partial charge in [-0.05, 0) is 31.4 Å². The molecule has 1 atom stereocenters. The van der Waals surface area contributed by atoms with Gasteiger partial charge in [0.05, 0.1) is 5.25 Å². The molecule has 1 unspecified atom stereocenters. The third-order valence-electron chi connectivity index (χ3n) is 3.52. The van der Waals surface area contributed by atoms with Gasteiger partial charge in [-0.1, -0.05) is 26.2 Å². The zero-order valence-corrected chi connectivity index (χ0v) is 12.3. The number of rotatable bonds is 5. The van der Waals surface area contributed by atoms with Crippen molar-refractivity contribution in [1.29, 1.82) is 0 Å². The maximum Gasteiger partial charge on any atom is 0.237 e. The van der Waals surface area contributed by atoms with Crippen molar-refractivity contribution in [1.82, 2.24) is 4.98 Å². The Morgan fingerprint density at radius 1 is 1.37 bits per heavy atom. The van der Waals surface area contributed by atoms with Gasteiger partial charge < -0.3 is 5.32 Å². The number of anilines is 1. The first kappa shape index (κ1) is 14.4. The number of pyridine rings is 1. The predicted molar refractivity (Wildman–Crippen MR) is 81.4 cm³/mol. The lowest BCUT2D eigenvalue weighted by Crippen LogP contribution is -2.27. The summed E-state index contributed by atoms with van der Waals surface area (Å²) in [6.07, 6.45) is 10.8. The van der Waals surface area contributed by atoms with Crippen LogP contribution in [0.25, 0.3) is 0 Å². The van der Waals surface area contributed by atoms with Crippen molar-refractivity contribution in [2.75, 3.05) is 5.32 Å². The topological polar surface area (TPSA) is 42.0 Å². The number of thioether (sulfide) groups is 1. The molecular formula is C15H22N2OS. The molecule has 0 bridgehead atoms. The standard InChI is InChI=1S/C15H22N2OS/c1-2-14(19-13-6-4-3-5-7-13)15(18)17-12-8-10-16-11-9-12/h8-11,13-14H,2-7H2,1H3,(H,16,17,18). The van der Waals surface area contributed by atoms with E-state index in [4.69, 9.17) is 0 Å². The molecule has 0 spiro atoms. The van der Waals surface area contributed by atoms with E-state index >= 15 is 0 Å². The minimum Gasteiger partial charge on any atom is -0.325 e. The fourth-order valence-electron chi connectivity index (χ4n) is 2.43. The Kier molecular flexibility index (Phi) is 5.70. The maximum atomic E-state index is 12.3. The Morgan fingerprint density at radius 2 is 2.05 bits per heavy atom. The molecule has 0 aliphatic heterocycles. The van der Waals surface area contributed by atoms with Gasteiger partial charge >= 0.3 is 0 Å². The molecule has 1 aliphatic rings. The number of carbonyl (C=O) groups is 1. The normalized spacial score (nSPS) is 17.9. The SMILES string of the molecule is CCC(SC1CCCCC1)C(=O)Nc1ccncc1. The van der Waals surface area contributed by atoms with Gasteiger partial charge in [0.25, 0.3) is 0 Å². The lowest BCUT2D eigenvalue weighted by atomic mass is 10.0. The Labute approximate surface area is 119 Å². The number of hydrogen-bond donors (Lipinski definition) is 1. The lowest BCUT2D eigenvalue weighted by molar-refractivity contribution is -0.115. The smallest absolute Gasteiger partial charge is 0.237 e. The van der Waals surface area contributed by atoms with E-state index in [0.717, 1.165) is 12.1 Å². The Morgan fingerprint density at radius 3 is 2.68 bits per heavy atom. The van der Waals surface area contributed by atoms with Gasteiger partial charge in [0.15, 0.2) is 0 Å². The van der Waals surface area contributed by atoms with Crippen molar-refractivity contribution >= 4 is 23.4 Å². The van der Waals surface area contributed by atoms with Crippen LogP contribution in [0.5, 0.6) is 0 Å². The van der Waals surface area contributed by atoms with Crippen LogP contribution in [-0.4, -0.2) is 21.4 Å². The fraction of sp³-hybridized carbons (Fsp3) is 0.600. The van der Waals surface area contributed by atoms with Crippen molar-refractivity contribution in [3.05, 3.63) is 24.5 Å². The zero-order valence-electron chi connectivity index (χ0n) is 11.5.